The van der Waals surface area contributed by atoms with E-state index in [4.69, 9.17) is 0 Å². The van der Waals surface area contributed by atoms with Gasteiger partial charge in [0.1, 0.15) is 9.79 Å². The fraction of sp³-hybridized carbons (Fsp3) is 0.538. The van der Waals surface area contributed by atoms with Crippen LogP contribution in [-0.2, 0) is 20.0 Å². The van der Waals surface area contributed by atoms with Crippen LogP contribution in [0.3, 0.4) is 0 Å². The van der Waals surface area contributed by atoms with Crippen molar-refractivity contribution in [2.24, 2.45) is 0 Å². The molecule has 0 saturated carbocycles. The van der Waals surface area contributed by atoms with Gasteiger partial charge in [0.15, 0.2) is 0 Å². The molecular formula is C13H21N3O4S2. The fourth-order valence-electron chi connectivity index (χ4n) is 2.37. The van der Waals surface area contributed by atoms with Crippen LogP contribution in [0.4, 0.5) is 0 Å². The molecule has 1 aliphatic rings. The smallest absolute Gasteiger partial charge is 0.244 e. The average molecular weight is 347 g/mol. The van der Waals surface area contributed by atoms with E-state index in [9.17, 15) is 16.8 Å². The third-order valence-corrected chi connectivity index (χ3v) is 7.78. The molecule has 1 aromatic rings. The Hall–Kier alpha value is -1.00. The zero-order chi connectivity index (χ0) is 16.5. The second kappa shape index (κ2) is 6.25. The first-order chi connectivity index (χ1) is 10.2. The molecule has 1 atom stereocenters. The van der Waals surface area contributed by atoms with E-state index in [1.807, 2.05) is 0 Å². The van der Waals surface area contributed by atoms with Crippen molar-refractivity contribution in [2.75, 3.05) is 34.2 Å². The molecule has 2 rings (SSSR count). The maximum Gasteiger partial charge on any atom is 0.244 e. The Labute approximate surface area is 132 Å². The van der Waals surface area contributed by atoms with Crippen molar-refractivity contribution in [1.82, 2.24) is 13.9 Å². The highest BCUT2D eigenvalue weighted by Crippen LogP contribution is 2.27. The molecule has 1 aromatic carbocycles. The Balaban J connectivity index is 2.53. The van der Waals surface area contributed by atoms with Gasteiger partial charge in [-0.15, -0.1) is 0 Å². The third kappa shape index (κ3) is 3.04. The Morgan fingerprint density at radius 1 is 1.00 bits per heavy atom. The highest BCUT2D eigenvalue weighted by Gasteiger charge is 2.34. The molecule has 124 valence electrons. The molecule has 1 heterocycles. The molecule has 0 spiro atoms. The Morgan fingerprint density at radius 3 is 2.00 bits per heavy atom. The second-order valence-corrected chi connectivity index (χ2v) is 9.49. The van der Waals surface area contributed by atoms with Crippen LogP contribution in [0.5, 0.6) is 0 Å². The number of hydrogen-bond acceptors (Lipinski definition) is 5. The molecule has 0 radical (unpaired) electrons. The maximum absolute atomic E-state index is 12.8. The lowest BCUT2D eigenvalue weighted by molar-refractivity contribution is 0.386. The van der Waals surface area contributed by atoms with Gasteiger partial charge in [-0.3, -0.25) is 0 Å². The lowest BCUT2D eigenvalue weighted by atomic mass is 10.3. The largest absolute Gasteiger partial charge is 0.315 e. The third-order valence-electron chi connectivity index (χ3n) is 3.81. The summed E-state index contributed by atoms with van der Waals surface area (Å²) in [5, 5.41) is 3.11. The zero-order valence-corrected chi connectivity index (χ0v) is 14.5. The minimum Gasteiger partial charge on any atom is -0.315 e. The normalized spacial score (nSPS) is 20.0. The Bertz CT molecular complexity index is 738. The summed E-state index contributed by atoms with van der Waals surface area (Å²) in [6.45, 7) is 1.32. The molecule has 1 fully saturated rings. The summed E-state index contributed by atoms with van der Waals surface area (Å²) in [6.07, 6.45) is 0.707. The van der Waals surface area contributed by atoms with Crippen LogP contribution in [0.1, 0.15) is 6.42 Å². The van der Waals surface area contributed by atoms with E-state index in [1.54, 1.807) is 0 Å². The van der Waals surface area contributed by atoms with E-state index in [2.05, 4.69) is 5.32 Å². The number of benzene rings is 1. The van der Waals surface area contributed by atoms with Crippen molar-refractivity contribution in [2.45, 2.75) is 22.3 Å². The van der Waals surface area contributed by atoms with Gasteiger partial charge in [-0.05, 0) is 25.1 Å². The molecule has 1 aliphatic heterocycles. The first kappa shape index (κ1) is 17.4. The molecule has 1 unspecified atom stereocenters. The first-order valence-corrected chi connectivity index (χ1v) is 9.77. The summed E-state index contributed by atoms with van der Waals surface area (Å²) in [5.41, 5.74) is 0. The van der Waals surface area contributed by atoms with Crippen molar-refractivity contribution in [1.29, 1.82) is 0 Å². The van der Waals surface area contributed by atoms with Gasteiger partial charge < -0.3 is 5.32 Å². The van der Waals surface area contributed by atoms with Crippen LogP contribution < -0.4 is 5.32 Å². The number of sulfonamides is 2. The molecule has 22 heavy (non-hydrogen) atoms. The van der Waals surface area contributed by atoms with Crippen LogP contribution in [0.2, 0.25) is 0 Å². The highest BCUT2D eigenvalue weighted by atomic mass is 32.2. The summed E-state index contributed by atoms with van der Waals surface area (Å²) in [4.78, 5) is -0.379. The van der Waals surface area contributed by atoms with Crippen LogP contribution in [0.25, 0.3) is 0 Å². The molecule has 7 nitrogen and oxygen atoms in total. The Morgan fingerprint density at radius 2 is 1.55 bits per heavy atom. The lowest BCUT2D eigenvalue weighted by Crippen LogP contribution is -2.39. The summed E-state index contributed by atoms with van der Waals surface area (Å²) < 4.78 is 52.7. The second-order valence-electron chi connectivity index (χ2n) is 5.40. The summed E-state index contributed by atoms with van der Waals surface area (Å²) >= 11 is 0. The molecule has 1 saturated heterocycles. The summed E-state index contributed by atoms with van der Waals surface area (Å²) in [5.74, 6) is 0. The molecular weight excluding hydrogens is 326 g/mol. The van der Waals surface area contributed by atoms with Gasteiger partial charge in [0.25, 0.3) is 0 Å². The molecule has 0 aliphatic carbocycles. The van der Waals surface area contributed by atoms with Gasteiger partial charge in [0.2, 0.25) is 20.0 Å². The summed E-state index contributed by atoms with van der Waals surface area (Å²) in [6, 6.07) is 5.54. The van der Waals surface area contributed by atoms with Crippen LogP contribution in [0, 0.1) is 0 Å². The van der Waals surface area contributed by atoms with Gasteiger partial charge in [0.05, 0.1) is 0 Å². The van der Waals surface area contributed by atoms with E-state index in [1.165, 1.54) is 49.7 Å². The molecule has 0 amide bonds. The van der Waals surface area contributed by atoms with Crippen molar-refractivity contribution in [3.63, 3.8) is 0 Å². The predicted octanol–water partition coefficient (Wildman–Crippen LogP) is -0.0807. The average Bonchev–Trinajstić information content (AvgIpc) is 3.00. The van der Waals surface area contributed by atoms with E-state index in [0.29, 0.717) is 13.0 Å². The monoisotopic (exact) mass is 347 g/mol. The number of likely N-dealkylation sites (N-methyl/N-ethyl adjacent to an activating group) is 1. The van der Waals surface area contributed by atoms with E-state index in [-0.39, 0.29) is 15.8 Å². The maximum atomic E-state index is 12.8. The minimum absolute atomic E-state index is 0.167. The summed E-state index contributed by atoms with van der Waals surface area (Å²) in [7, 11) is -3.47. The molecule has 1 N–H and O–H groups in total. The van der Waals surface area contributed by atoms with Crippen LogP contribution in [0.15, 0.2) is 34.1 Å². The van der Waals surface area contributed by atoms with Crippen molar-refractivity contribution >= 4 is 20.0 Å². The number of nitrogens with one attached hydrogen (secondary N) is 1. The topological polar surface area (TPSA) is 86.8 Å². The Kier molecular flexibility index (Phi) is 4.93. The lowest BCUT2D eigenvalue weighted by Gasteiger charge is -2.24. The quantitative estimate of drug-likeness (QED) is 0.805. The van der Waals surface area contributed by atoms with E-state index in [0.717, 1.165) is 10.8 Å². The van der Waals surface area contributed by atoms with Crippen molar-refractivity contribution in [3.05, 3.63) is 24.3 Å². The molecule has 9 heteroatoms. The highest BCUT2D eigenvalue weighted by molar-refractivity contribution is 7.92. The number of nitrogens with zero attached hydrogens (tertiary/aromatic N) is 2. The molecule has 0 bridgehead atoms. The van der Waals surface area contributed by atoms with E-state index < -0.39 is 20.0 Å². The predicted molar refractivity (Wildman–Crippen MR) is 83.5 cm³/mol. The molecule has 0 aromatic heterocycles. The number of hydrogen-bond donors (Lipinski definition) is 1. The van der Waals surface area contributed by atoms with Gasteiger partial charge in [-0.25, -0.2) is 21.1 Å². The SMILES string of the molecule is CN(C)S(=O)(=O)c1ccccc1S(=O)(=O)N(C)C1CCNC1. The van der Waals surface area contributed by atoms with Gasteiger partial charge in [-0.2, -0.15) is 4.31 Å². The standard InChI is InChI=1S/C13H21N3O4S2/c1-15(2)21(17,18)12-6-4-5-7-13(12)22(19,20)16(3)11-8-9-14-10-11/h4-7,11,14H,8-10H2,1-3H3. The van der Waals surface area contributed by atoms with Crippen LogP contribution >= 0.6 is 0 Å². The van der Waals surface area contributed by atoms with Crippen LogP contribution in [-0.4, -0.2) is 65.7 Å². The van der Waals surface area contributed by atoms with Gasteiger partial charge in [0, 0.05) is 33.7 Å². The van der Waals surface area contributed by atoms with Crippen molar-refractivity contribution in [3.8, 4) is 0 Å². The van der Waals surface area contributed by atoms with Gasteiger partial charge >= 0.3 is 0 Å². The van der Waals surface area contributed by atoms with E-state index >= 15 is 0 Å². The minimum atomic E-state index is -3.88. The zero-order valence-electron chi connectivity index (χ0n) is 12.9. The first-order valence-electron chi connectivity index (χ1n) is 6.89. The van der Waals surface area contributed by atoms with Crippen molar-refractivity contribution < 1.29 is 16.8 Å². The van der Waals surface area contributed by atoms with Gasteiger partial charge in [-0.1, -0.05) is 12.1 Å². The fourth-order valence-corrected chi connectivity index (χ4v) is 5.43. The number of rotatable bonds is 5.